The first kappa shape index (κ1) is 17.2. The zero-order valence-corrected chi connectivity index (χ0v) is 14.6. The zero-order valence-electron chi connectivity index (χ0n) is 13.9. The molecule has 3 aromatic rings. The number of aromatic amines is 1. The van der Waals surface area contributed by atoms with E-state index in [2.05, 4.69) is 10.3 Å². The molecule has 25 heavy (non-hydrogen) atoms. The van der Waals surface area contributed by atoms with Gasteiger partial charge in [0, 0.05) is 31.4 Å². The molecule has 2 heterocycles. The Labute approximate surface area is 147 Å². The number of imidazole rings is 1. The first-order valence-electron chi connectivity index (χ1n) is 7.72. The molecule has 8 nitrogen and oxygen atoms in total. The molecular weight excluding hydrogens is 346 g/mol. The van der Waals surface area contributed by atoms with Crippen molar-refractivity contribution in [2.75, 3.05) is 11.9 Å². The van der Waals surface area contributed by atoms with Crippen LogP contribution in [-0.4, -0.2) is 31.9 Å². The lowest BCUT2D eigenvalue weighted by Gasteiger charge is -2.11. The van der Waals surface area contributed by atoms with E-state index < -0.39 is 17.4 Å². The van der Waals surface area contributed by atoms with E-state index in [0.29, 0.717) is 16.2 Å². The molecule has 0 radical (unpaired) electrons. The van der Waals surface area contributed by atoms with Gasteiger partial charge in [-0.15, -0.1) is 0 Å². The molecule has 0 aliphatic rings. The summed E-state index contributed by atoms with van der Waals surface area (Å²) in [6, 6.07) is 7.20. The molecule has 9 heteroatoms. The van der Waals surface area contributed by atoms with Crippen molar-refractivity contribution in [1.82, 2.24) is 14.1 Å². The van der Waals surface area contributed by atoms with E-state index in [1.165, 1.54) is 11.6 Å². The van der Waals surface area contributed by atoms with Crippen LogP contribution >= 0.6 is 11.6 Å². The van der Waals surface area contributed by atoms with Crippen molar-refractivity contribution in [1.29, 1.82) is 0 Å². The van der Waals surface area contributed by atoms with Crippen LogP contribution in [0.25, 0.3) is 11.2 Å². The van der Waals surface area contributed by atoms with Crippen molar-refractivity contribution in [2.24, 2.45) is 14.1 Å². The van der Waals surface area contributed by atoms with Crippen LogP contribution in [0.4, 0.5) is 5.69 Å². The molecule has 0 aliphatic carbocycles. The lowest BCUT2D eigenvalue weighted by molar-refractivity contribution is -0.678. The molecule has 0 amide bonds. The minimum absolute atomic E-state index is 0.195. The Morgan fingerprint density at radius 1 is 1.32 bits per heavy atom. The molecule has 0 bridgehead atoms. The Hall–Kier alpha value is -2.58. The van der Waals surface area contributed by atoms with Crippen LogP contribution in [-0.2, 0) is 20.6 Å². The molecule has 1 atom stereocenters. The zero-order chi connectivity index (χ0) is 18.1. The highest BCUT2D eigenvalue weighted by atomic mass is 35.5. The smallest absolute Gasteiger partial charge is 0.333 e. The van der Waals surface area contributed by atoms with Gasteiger partial charge in [-0.1, -0.05) is 17.7 Å². The van der Waals surface area contributed by atoms with Crippen LogP contribution in [0.5, 0.6) is 0 Å². The molecule has 0 spiro atoms. The molecular formula is C16H19ClN5O3+. The van der Waals surface area contributed by atoms with Gasteiger partial charge in [-0.25, -0.2) is 14.3 Å². The van der Waals surface area contributed by atoms with Crippen LogP contribution in [0.1, 0.15) is 0 Å². The molecule has 0 saturated carbocycles. The summed E-state index contributed by atoms with van der Waals surface area (Å²) in [6.07, 6.45) is 0.832. The Morgan fingerprint density at radius 3 is 2.80 bits per heavy atom. The van der Waals surface area contributed by atoms with E-state index in [-0.39, 0.29) is 13.1 Å². The summed E-state index contributed by atoms with van der Waals surface area (Å²) >= 11 is 5.92. The molecule has 132 valence electrons. The second-order valence-electron chi connectivity index (χ2n) is 5.87. The largest absolute Gasteiger partial charge is 0.387 e. The Morgan fingerprint density at radius 2 is 2.08 bits per heavy atom. The Balaban J connectivity index is 1.81. The molecule has 0 fully saturated rings. The number of hydrogen-bond acceptors (Lipinski definition) is 4. The maximum atomic E-state index is 12.4. The number of halogens is 1. The van der Waals surface area contributed by atoms with Gasteiger partial charge in [0.15, 0.2) is 0 Å². The number of nitrogens with one attached hydrogen (secondary N) is 2. The number of aliphatic hydroxyl groups is 1. The number of rotatable bonds is 5. The van der Waals surface area contributed by atoms with Gasteiger partial charge in [0.25, 0.3) is 11.2 Å². The maximum Gasteiger partial charge on any atom is 0.333 e. The lowest BCUT2D eigenvalue weighted by Crippen LogP contribution is -2.47. The highest BCUT2D eigenvalue weighted by molar-refractivity contribution is 6.30. The number of anilines is 1. The lowest BCUT2D eigenvalue weighted by atomic mass is 10.3. The topological polar surface area (TPSA) is 95.9 Å². The third-order valence-corrected chi connectivity index (χ3v) is 4.29. The summed E-state index contributed by atoms with van der Waals surface area (Å²) in [4.78, 5) is 27.2. The molecule has 0 aliphatic heterocycles. The average Bonchev–Trinajstić information content (AvgIpc) is 3.00. The number of benzene rings is 1. The average molecular weight is 365 g/mol. The summed E-state index contributed by atoms with van der Waals surface area (Å²) in [5, 5.41) is 14.0. The Bertz CT molecular complexity index is 1040. The molecule has 3 rings (SSSR count). The number of aryl methyl sites for hydroxylation is 1. The van der Waals surface area contributed by atoms with Gasteiger partial charge >= 0.3 is 11.2 Å². The molecule has 3 N–H and O–H groups in total. The fourth-order valence-electron chi connectivity index (χ4n) is 2.72. The van der Waals surface area contributed by atoms with E-state index in [4.69, 9.17) is 11.6 Å². The van der Waals surface area contributed by atoms with Gasteiger partial charge in [0.2, 0.25) is 6.33 Å². The van der Waals surface area contributed by atoms with Crippen LogP contribution in [0.15, 0.2) is 40.2 Å². The summed E-state index contributed by atoms with van der Waals surface area (Å²) < 4.78 is 4.02. The van der Waals surface area contributed by atoms with Crippen molar-refractivity contribution in [3.8, 4) is 0 Å². The molecule has 2 aromatic heterocycles. The maximum absolute atomic E-state index is 12.4. The van der Waals surface area contributed by atoms with Crippen LogP contribution in [0, 0.1) is 0 Å². The van der Waals surface area contributed by atoms with Gasteiger partial charge in [-0.05, 0) is 18.2 Å². The highest BCUT2D eigenvalue weighted by Crippen LogP contribution is 2.14. The van der Waals surface area contributed by atoms with Gasteiger partial charge in [-0.2, -0.15) is 0 Å². The standard InChI is InChI=1S/C16H18ClN5O3/c1-20-14-13(15(24)21(2)16(20)25)22(9-19-14)8-12(23)7-18-11-5-3-4-10(17)6-11/h3-6,9,12,18,23H,7-8H2,1-2H3/p+1. The number of aliphatic hydroxyl groups excluding tert-OH is 1. The summed E-state index contributed by atoms with van der Waals surface area (Å²) in [5.41, 5.74) is 0.743. The normalized spacial score (nSPS) is 12.5. The molecule has 0 saturated heterocycles. The SMILES string of the molecule is Cn1c(=O)c2c([nH]c[n+]2CC(O)CNc2cccc(Cl)c2)n(C)c1=O. The minimum Gasteiger partial charge on any atom is -0.387 e. The molecule has 1 unspecified atom stereocenters. The fourth-order valence-corrected chi connectivity index (χ4v) is 2.91. The number of nitrogens with zero attached hydrogens (tertiary/aromatic N) is 3. The van der Waals surface area contributed by atoms with E-state index in [9.17, 15) is 14.7 Å². The van der Waals surface area contributed by atoms with Gasteiger partial charge in [0.05, 0.1) is 0 Å². The number of fused-ring (bicyclic) bond motifs is 1. The van der Waals surface area contributed by atoms with Crippen molar-refractivity contribution < 1.29 is 9.67 Å². The van der Waals surface area contributed by atoms with Crippen molar-refractivity contribution in [3.05, 3.63) is 56.5 Å². The van der Waals surface area contributed by atoms with E-state index in [0.717, 1.165) is 10.3 Å². The quantitative estimate of drug-likeness (QED) is 0.554. The third-order valence-electron chi connectivity index (χ3n) is 4.06. The van der Waals surface area contributed by atoms with Crippen LogP contribution in [0.2, 0.25) is 5.02 Å². The first-order chi connectivity index (χ1) is 11.9. The number of H-pyrrole nitrogens is 1. The summed E-state index contributed by atoms with van der Waals surface area (Å²) in [5.74, 6) is 0. The monoisotopic (exact) mass is 364 g/mol. The summed E-state index contributed by atoms with van der Waals surface area (Å²) in [7, 11) is 3.01. The van der Waals surface area contributed by atoms with E-state index in [1.807, 2.05) is 12.1 Å². The minimum atomic E-state index is -0.745. The van der Waals surface area contributed by atoms with Gasteiger partial charge < -0.3 is 10.4 Å². The van der Waals surface area contributed by atoms with Crippen molar-refractivity contribution in [2.45, 2.75) is 12.6 Å². The van der Waals surface area contributed by atoms with Gasteiger partial charge in [0.1, 0.15) is 12.6 Å². The molecule has 1 aromatic carbocycles. The number of aromatic nitrogens is 4. The van der Waals surface area contributed by atoms with E-state index >= 15 is 0 Å². The third kappa shape index (κ3) is 3.31. The number of hydrogen-bond donors (Lipinski definition) is 3. The van der Waals surface area contributed by atoms with Crippen LogP contribution in [0.3, 0.4) is 0 Å². The predicted molar refractivity (Wildman–Crippen MR) is 94.9 cm³/mol. The highest BCUT2D eigenvalue weighted by Gasteiger charge is 2.21. The van der Waals surface area contributed by atoms with Gasteiger partial charge in [-0.3, -0.25) is 13.9 Å². The summed E-state index contributed by atoms with van der Waals surface area (Å²) in [6.45, 7) is 0.479. The van der Waals surface area contributed by atoms with Crippen LogP contribution < -0.4 is 21.1 Å². The van der Waals surface area contributed by atoms with Crippen molar-refractivity contribution in [3.63, 3.8) is 0 Å². The van der Waals surface area contributed by atoms with E-state index in [1.54, 1.807) is 30.1 Å². The first-order valence-corrected chi connectivity index (χ1v) is 8.10. The second kappa shape index (κ2) is 6.73. The second-order valence-corrected chi connectivity index (χ2v) is 6.31. The fraction of sp³-hybridized carbons (Fsp3) is 0.312. The van der Waals surface area contributed by atoms with Crippen molar-refractivity contribution >= 4 is 28.5 Å². The predicted octanol–water partition coefficient (Wildman–Crippen LogP) is -0.0208. The Kier molecular flexibility index (Phi) is 4.65.